The smallest absolute Gasteiger partial charge is 0.161 e. The molecule has 0 aliphatic carbocycles. The van der Waals surface area contributed by atoms with E-state index in [1.807, 2.05) is 25.1 Å². The van der Waals surface area contributed by atoms with Crippen LogP contribution in [-0.4, -0.2) is 31.0 Å². The van der Waals surface area contributed by atoms with Crippen molar-refractivity contribution in [3.63, 3.8) is 0 Å². The Morgan fingerprint density at radius 1 is 1.15 bits per heavy atom. The third kappa shape index (κ3) is 4.12. The minimum atomic E-state index is -0.203. The fourth-order valence-electron chi connectivity index (χ4n) is 2.17. The molecule has 0 heterocycles. The van der Waals surface area contributed by atoms with Crippen LogP contribution in [-0.2, 0) is 6.54 Å². The van der Waals surface area contributed by atoms with E-state index in [1.54, 1.807) is 7.11 Å². The topological polar surface area (TPSA) is 50.7 Å². The SMILES string of the molecule is CCOc1cc(CNC(CC)(CC)CO)ccc1OC. The number of benzene rings is 1. The van der Waals surface area contributed by atoms with Crippen molar-refractivity contribution in [1.29, 1.82) is 0 Å². The first-order valence-electron chi connectivity index (χ1n) is 7.30. The van der Waals surface area contributed by atoms with Crippen LogP contribution in [0.1, 0.15) is 39.2 Å². The molecule has 0 unspecified atom stereocenters. The Kier molecular flexibility index (Phi) is 6.82. The average molecular weight is 281 g/mol. The Morgan fingerprint density at radius 2 is 1.85 bits per heavy atom. The van der Waals surface area contributed by atoms with Crippen molar-refractivity contribution in [3.05, 3.63) is 23.8 Å². The fourth-order valence-corrected chi connectivity index (χ4v) is 2.17. The van der Waals surface area contributed by atoms with Gasteiger partial charge in [0.25, 0.3) is 0 Å². The number of nitrogens with one attached hydrogen (secondary N) is 1. The van der Waals surface area contributed by atoms with E-state index in [0.717, 1.165) is 29.9 Å². The Labute approximate surface area is 122 Å². The summed E-state index contributed by atoms with van der Waals surface area (Å²) in [4.78, 5) is 0. The second-order valence-corrected chi connectivity index (χ2v) is 4.92. The quantitative estimate of drug-likeness (QED) is 0.731. The van der Waals surface area contributed by atoms with E-state index in [4.69, 9.17) is 9.47 Å². The summed E-state index contributed by atoms with van der Waals surface area (Å²) in [5.41, 5.74) is 0.917. The van der Waals surface area contributed by atoms with E-state index >= 15 is 0 Å². The lowest BCUT2D eigenvalue weighted by molar-refractivity contribution is 0.149. The highest BCUT2D eigenvalue weighted by molar-refractivity contribution is 5.43. The van der Waals surface area contributed by atoms with Crippen molar-refractivity contribution in [2.75, 3.05) is 20.3 Å². The van der Waals surface area contributed by atoms with Crippen LogP contribution < -0.4 is 14.8 Å². The summed E-state index contributed by atoms with van der Waals surface area (Å²) >= 11 is 0. The van der Waals surface area contributed by atoms with Crippen LogP contribution >= 0.6 is 0 Å². The van der Waals surface area contributed by atoms with Gasteiger partial charge < -0.3 is 19.9 Å². The molecule has 20 heavy (non-hydrogen) atoms. The van der Waals surface area contributed by atoms with Crippen molar-refractivity contribution >= 4 is 0 Å². The summed E-state index contributed by atoms with van der Waals surface area (Å²) < 4.78 is 10.9. The predicted molar refractivity (Wildman–Crippen MR) is 81.4 cm³/mol. The van der Waals surface area contributed by atoms with Gasteiger partial charge in [0.05, 0.1) is 20.3 Å². The molecule has 0 fully saturated rings. The monoisotopic (exact) mass is 281 g/mol. The lowest BCUT2D eigenvalue weighted by Gasteiger charge is -2.31. The molecule has 0 atom stereocenters. The number of hydrogen-bond acceptors (Lipinski definition) is 4. The third-order valence-electron chi connectivity index (χ3n) is 3.85. The highest BCUT2D eigenvalue weighted by Crippen LogP contribution is 2.28. The molecule has 2 N–H and O–H groups in total. The number of methoxy groups -OCH3 is 1. The summed E-state index contributed by atoms with van der Waals surface area (Å²) in [7, 11) is 1.64. The van der Waals surface area contributed by atoms with Crippen molar-refractivity contribution < 1.29 is 14.6 Å². The van der Waals surface area contributed by atoms with Crippen LogP contribution in [0.3, 0.4) is 0 Å². The molecular weight excluding hydrogens is 254 g/mol. The predicted octanol–water partition coefficient (Wildman–Crippen LogP) is 2.73. The summed E-state index contributed by atoms with van der Waals surface area (Å²) in [6.07, 6.45) is 1.79. The minimum Gasteiger partial charge on any atom is -0.493 e. The Bertz CT molecular complexity index is 394. The molecule has 0 bridgehead atoms. The summed E-state index contributed by atoms with van der Waals surface area (Å²) in [6, 6.07) is 5.92. The van der Waals surface area contributed by atoms with E-state index in [-0.39, 0.29) is 12.1 Å². The van der Waals surface area contributed by atoms with Gasteiger partial charge in [0.15, 0.2) is 11.5 Å². The molecule has 1 aromatic carbocycles. The maximum absolute atomic E-state index is 9.57. The van der Waals surface area contributed by atoms with E-state index in [1.165, 1.54) is 0 Å². The van der Waals surface area contributed by atoms with E-state index in [0.29, 0.717) is 13.2 Å². The number of ether oxygens (including phenoxy) is 2. The lowest BCUT2D eigenvalue weighted by atomic mass is 9.93. The Balaban J connectivity index is 2.80. The summed E-state index contributed by atoms with van der Waals surface area (Å²) in [6.45, 7) is 7.59. The zero-order chi connectivity index (χ0) is 15.0. The Morgan fingerprint density at radius 3 is 2.35 bits per heavy atom. The molecule has 0 saturated heterocycles. The molecule has 0 saturated carbocycles. The highest BCUT2D eigenvalue weighted by atomic mass is 16.5. The molecule has 1 rings (SSSR count). The number of rotatable bonds is 9. The van der Waals surface area contributed by atoms with Gasteiger partial charge in [0.1, 0.15) is 0 Å². The van der Waals surface area contributed by atoms with E-state index in [2.05, 4.69) is 19.2 Å². The highest BCUT2D eigenvalue weighted by Gasteiger charge is 2.24. The fraction of sp³-hybridized carbons (Fsp3) is 0.625. The van der Waals surface area contributed by atoms with Gasteiger partial charge in [0, 0.05) is 12.1 Å². The van der Waals surface area contributed by atoms with Crippen LogP contribution in [0.5, 0.6) is 11.5 Å². The molecule has 114 valence electrons. The van der Waals surface area contributed by atoms with Gasteiger partial charge in [-0.05, 0) is 37.5 Å². The molecule has 0 aliphatic rings. The van der Waals surface area contributed by atoms with Gasteiger partial charge in [-0.2, -0.15) is 0 Å². The number of aliphatic hydroxyl groups is 1. The van der Waals surface area contributed by atoms with Gasteiger partial charge >= 0.3 is 0 Å². The maximum Gasteiger partial charge on any atom is 0.161 e. The average Bonchev–Trinajstić information content (AvgIpc) is 2.50. The van der Waals surface area contributed by atoms with Crippen LogP contribution in [0, 0.1) is 0 Å². The third-order valence-corrected chi connectivity index (χ3v) is 3.85. The van der Waals surface area contributed by atoms with Crippen molar-refractivity contribution in [1.82, 2.24) is 5.32 Å². The van der Waals surface area contributed by atoms with E-state index < -0.39 is 0 Å². The molecule has 0 aromatic heterocycles. The molecule has 0 aliphatic heterocycles. The van der Waals surface area contributed by atoms with Gasteiger partial charge in [-0.1, -0.05) is 19.9 Å². The van der Waals surface area contributed by atoms with Crippen LogP contribution in [0.25, 0.3) is 0 Å². The van der Waals surface area contributed by atoms with Crippen LogP contribution in [0.2, 0.25) is 0 Å². The number of aliphatic hydroxyl groups excluding tert-OH is 1. The van der Waals surface area contributed by atoms with Crippen molar-refractivity contribution in [2.45, 2.75) is 45.7 Å². The second-order valence-electron chi connectivity index (χ2n) is 4.92. The summed E-state index contributed by atoms with van der Waals surface area (Å²) in [5.74, 6) is 1.51. The van der Waals surface area contributed by atoms with Crippen molar-refractivity contribution in [3.8, 4) is 11.5 Å². The van der Waals surface area contributed by atoms with Gasteiger partial charge in [-0.25, -0.2) is 0 Å². The second kappa shape index (κ2) is 8.12. The first kappa shape index (κ1) is 16.8. The summed E-state index contributed by atoms with van der Waals surface area (Å²) in [5, 5.41) is 13.0. The van der Waals surface area contributed by atoms with Gasteiger partial charge in [-0.3, -0.25) is 0 Å². The van der Waals surface area contributed by atoms with Gasteiger partial charge in [0.2, 0.25) is 0 Å². The van der Waals surface area contributed by atoms with E-state index in [9.17, 15) is 5.11 Å². The Hall–Kier alpha value is -1.26. The largest absolute Gasteiger partial charge is 0.493 e. The molecule has 1 aromatic rings. The van der Waals surface area contributed by atoms with Gasteiger partial charge in [-0.15, -0.1) is 0 Å². The van der Waals surface area contributed by atoms with Crippen LogP contribution in [0.4, 0.5) is 0 Å². The molecule has 4 nitrogen and oxygen atoms in total. The van der Waals surface area contributed by atoms with Crippen molar-refractivity contribution in [2.24, 2.45) is 0 Å². The molecule has 0 radical (unpaired) electrons. The molecule has 4 heteroatoms. The molecule has 0 amide bonds. The normalized spacial score (nSPS) is 11.4. The first-order valence-corrected chi connectivity index (χ1v) is 7.30. The first-order chi connectivity index (χ1) is 9.64. The lowest BCUT2D eigenvalue weighted by Crippen LogP contribution is -2.47. The zero-order valence-corrected chi connectivity index (χ0v) is 13.0. The number of hydrogen-bond donors (Lipinski definition) is 2. The minimum absolute atomic E-state index is 0.147. The standard InChI is InChI=1S/C16H27NO3/c1-5-16(6-2,12-18)17-11-13-8-9-14(19-4)15(10-13)20-7-3/h8-10,17-18H,5-7,11-12H2,1-4H3. The van der Waals surface area contributed by atoms with Crippen LogP contribution in [0.15, 0.2) is 18.2 Å². The maximum atomic E-state index is 9.57. The molecular formula is C16H27NO3. The zero-order valence-electron chi connectivity index (χ0n) is 13.0. The molecule has 0 spiro atoms.